The van der Waals surface area contributed by atoms with Gasteiger partial charge >= 0.3 is 0 Å². The molecule has 1 aromatic rings. The van der Waals surface area contributed by atoms with Crippen molar-refractivity contribution >= 4 is 21.6 Å². The summed E-state index contributed by atoms with van der Waals surface area (Å²) in [6.45, 7) is 4.43. The average Bonchev–Trinajstić information content (AvgIpc) is 2.41. The van der Waals surface area contributed by atoms with E-state index in [0.29, 0.717) is 18.0 Å². The maximum atomic E-state index is 13.8. The Kier molecular flexibility index (Phi) is 4.92. The predicted molar refractivity (Wildman–Crippen MR) is 81.1 cm³/mol. The quantitative estimate of drug-likeness (QED) is 0.924. The minimum absolute atomic E-state index is 0.00823. The second-order valence-corrected chi connectivity index (χ2v) is 7.95. The van der Waals surface area contributed by atoms with Gasteiger partial charge in [0, 0.05) is 19.1 Å². The maximum absolute atomic E-state index is 13.8. The average molecular weight is 335 g/mol. The van der Waals surface area contributed by atoms with Crippen molar-refractivity contribution in [3.8, 4) is 0 Å². The van der Waals surface area contributed by atoms with Crippen molar-refractivity contribution in [2.45, 2.75) is 44.2 Å². The zero-order valence-corrected chi connectivity index (χ0v) is 13.7. The van der Waals surface area contributed by atoms with Crippen molar-refractivity contribution in [2.24, 2.45) is 11.7 Å². The van der Waals surface area contributed by atoms with Crippen LogP contribution in [0.2, 0.25) is 5.02 Å². The van der Waals surface area contributed by atoms with Crippen LogP contribution in [-0.2, 0) is 16.6 Å². The first-order valence-corrected chi connectivity index (χ1v) is 8.79. The molecule has 1 fully saturated rings. The number of nitrogens with zero attached hydrogens (tertiary/aromatic N) is 1. The number of hydrogen-bond donors (Lipinski definition) is 1. The molecule has 2 atom stereocenters. The molecule has 2 rings (SSSR count). The summed E-state index contributed by atoms with van der Waals surface area (Å²) in [5.74, 6) is -0.260. The van der Waals surface area contributed by atoms with Gasteiger partial charge in [0.05, 0.1) is 9.92 Å². The van der Waals surface area contributed by atoms with Crippen molar-refractivity contribution in [3.63, 3.8) is 0 Å². The molecule has 1 aliphatic rings. The second kappa shape index (κ2) is 6.20. The predicted octanol–water partition coefficient (Wildman–Crippen LogP) is 2.75. The molecule has 1 heterocycles. The fourth-order valence-electron chi connectivity index (χ4n) is 2.79. The molecule has 7 heteroatoms. The van der Waals surface area contributed by atoms with E-state index in [1.54, 1.807) is 0 Å². The van der Waals surface area contributed by atoms with Gasteiger partial charge in [-0.1, -0.05) is 18.5 Å². The molecule has 0 bridgehead atoms. The van der Waals surface area contributed by atoms with Crippen LogP contribution < -0.4 is 5.73 Å². The van der Waals surface area contributed by atoms with Crippen LogP contribution in [0.3, 0.4) is 0 Å². The summed E-state index contributed by atoms with van der Waals surface area (Å²) in [4.78, 5) is -0.0775. The van der Waals surface area contributed by atoms with Crippen LogP contribution in [0.5, 0.6) is 0 Å². The first kappa shape index (κ1) is 16.7. The molecule has 0 radical (unpaired) electrons. The molecule has 0 amide bonds. The van der Waals surface area contributed by atoms with E-state index in [-0.39, 0.29) is 22.5 Å². The first-order valence-electron chi connectivity index (χ1n) is 6.97. The zero-order valence-electron chi connectivity index (χ0n) is 12.1. The summed E-state index contributed by atoms with van der Waals surface area (Å²) >= 11 is 5.79. The molecule has 2 N–H and O–H groups in total. The minimum atomic E-state index is -3.73. The van der Waals surface area contributed by atoms with Crippen LogP contribution in [0.4, 0.5) is 4.39 Å². The normalized spacial score (nSPS) is 24.2. The largest absolute Gasteiger partial charge is 0.326 e. The zero-order chi connectivity index (χ0) is 15.8. The molecule has 1 aliphatic heterocycles. The van der Waals surface area contributed by atoms with Gasteiger partial charge in [0.15, 0.2) is 0 Å². The molecular weight excluding hydrogens is 315 g/mol. The number of halogens is 2. The van der Waals surface area contributed by atoms with Crippen LogP contribution in [0.25, 0.3) is 0 Å². The van der Waals surface area contributed by atoms with E-state index in [9.17, 15) is 12.8 Å². The molecule has 0 aromatic heterocycles. The molecule has 118 valence electrons. The van der Waals surface area contributed by atoms with Crippen molar-refractivity contribution in [1.82, 2.24) is 4.31 Å². The molecule has 0 spiro atoms. The first-order chi connectivity index (χ1) is 9.77. The lowest BCUT2D eigenvalue weighted by molar-refractivity contribution is 0.220. The summed E-state index contributed by atoms with van der Waals surface area (Å²) in [5, 5.41) is -0.114. The minimum Gasteiger partial charge on any atom is -0.326 e. The summed E-state index contributed by atoms with van der Waals surface area (Å²) in [6, 6.07) is 2.24. The Balaban J connectivity index is 2.42. The van der Waals surface area contributed by atoms with Gasteiger partial charge in [-0.05, 0) is 43.4 Å². The fraction of sp³-hybridized carbons (Fsp3) is 0.571. The molecule has 1 aromatic carbocycles. The molecule has 0 aliphatic carbocycles. The van der Waals surface area contributed by atoms with Gasteiger partial charge < -0.3 is 5.73 Å². The highest BCUT2D eigenvalue weighted by atomic mass is 35.5. The summed E-state index contributed by atoms with van der Waals surface area (Å²) in [5.41, 5.74) is 5.80. The van der Waals surface area contributed by atoms with Gasteiger partial charge in [-0.3, -0.25) is 0 Å². The van der Waals surface area contributed by atoms with Crippen molar-refractivity contribution in [3.05, 3.63) is 28.5 Å². The van der Waals surface area contributed by atoms with E-state index in [2.05, 4.69) is 6.92 Å². The van der Waals surface area contributed by atoms with Crippen LogP contribution in [0.15, 0.2) is 17.0 Å². The molecule has 0 saturated carbocycles. The van der Waals surface area contributed by atoms with Gasteiger partial charge in [-0.15, -0.1) is 0 Å². The van der Waals surface area contributed by atoms with Gasteiger partial charge in [0.25, 0.3) is 0 Å². The van der Waals surface area contributed by atoms with Crippen LogP contribution >= 0.6 is 11.6 Å². The third-order valence-electron chi connectivity index (χ3n) is 3.98. The number of benzene rings is 1. The van der Waals surface area contributed by atoms with Crippen molar-refractivity contribution in [1.29, 1.82) is 0 Å². The van der Waals surface area contributed by atoms with E-state index >= 15 is 0 Å². The Morgan fingerprint density at radius 1 is 1.43 bits per heavy atom. The molecule has 1 saturated heterocycles. The van der Waals surface area contributed by atoms with Gasteiger partial charge in [-0.2, -0.15) is 4.31 Å². The van der Waals surface area contributed by atoms with E-state index < -0.39 is 15.8 Å². The van der Waals surface area contributed by atoms with Crippen LogP contribution in [-0.4, -0.2) is 25.3 Å². The fourth-order valence-corrected chi connectivity index (χ4v) is 4.70. The highest BCUT2D eigenvalue weighted by Crippen LogP contribution is 2.30. The third-order valence-corrected chi connectivity index (χ3v) is 6.40. The van der Waals surface area contributed by atoms with E-state index in [4.69, 9.17) is 17.3 Å². The highest BCUT2D eigenvalue weighted by Gasteiger charge is 2.33. The smallest absolute Gasteiger partial charge is 0.243 e. The number of sulfonamides is 1. The third kappa shape index (κ3) is 3.23. The Morgan fingerprint density at radius 3 is 2.67 bits per heavy atom. The number of hydrogen-bond acceptors (Lipinski definition) is 3. The van der Waals surface area contributed by atoms with E-state index in [1.807, 2.05) is 6.92 Å². The standard InChI is InChI=1S/C14H20ClFN2O2S/c1-9-3-4-18(10(2)5-9)21(19,20)12-6-11(8-17)14(15)13(16)7-12/h6-7,9-10H,3-5,8,17H2,1-2H3. The Hall–Kier alpha value is -0.690. The van der Waals surface area contributed by atoms with Gasteiger partial charge in [-0.25, -0.2) is 12.8 Å². The Labute approximate surface area is 130 Å². The highest BCUT2D eigenvalue weighted by molar-refractivity contribution is 7.89. The molecular formula is C14H20ClFN2O2S. The van der Waals surface area contributed by atoms with Crippen molar-refractivity contribution in [2.75, 3.05) is 6.54 Å². The topological polar surface area (TPSA) is 63.4 Å². The summed E-state index contributed by atoms with van der Waals surface area (Å²) < 4.78 is 40.7. The molecule has 4 nitrogen and oxygen atoms in total. The SMILES string of the molecule is CC1CCN(S(=O)(=O)c2cc(F)c(Cl)c(CN)c2)C(C)C1. The number of rotatable bonds is 3. The lowest BCUT2D eigenvalue weighted by atomic mass is 9.95. The van der Waals surface area contributed by atoms with Crippen LogP contribution in [0, 0.1) is 11.7 Å². The van der Waals surface area contributed by atoms with Crippen molar-refractivity contribution < 1.29 is 12.8 Å². The van der Waals surface area contributed by atoms with Gasteiger partial charge in [0.1, 0.15) is 5.82 Å². The van der Waals surface area contributed by atoms with E-state index in [0.717, 1.165) is 18.9 Å². The second-order valence-electron chi connectivity index (χ2n) is 5.68. The monoisotopic (exact) mass is 334 g/mol. The summed E-state index contributed by atoms with van der Waals surface area (Å²) in [6.07, 6.45) is 1.61. The lowest BCUT2D eigenvalue weighted by Crippen LogP contribution is -2.44. The van der Waals surface area contributed by atoms with Crippen LogP contribution in [0.1, 0.15) is 32.3 Å². The lowest BCUT2D eigenvalue weighted by Gasteiger charge is -2.35. The van der Waals surface area contributed by atoms with E-state index in [1.165, 1.54) is 10.4 Å². The maximum Gasteiger partial charge on any atom is 0.243 e. The number of piperidine rings is 1. The molecule has 2 unspecified atom stereocenters. The number of nitrogens with two attached hydrogens (primary N) is 1. The molecule has 21 heavy (non-hydrogen) atoms. The summed E-state index contributed by atoms with van der Waals surface area (Å²) in [7, 11) is -3.73. The Morgan fingerprint density at radius 2 is 2.10 bits per heavy atom. The Bertz CT molecular complexity index is 636. The van der Waals surface area contributed by atoms with Gasteiger partial charge in [0.2, 0.25) is 10.0 Å².